The number of amides is 1. The first-order valence-corrected chi connectivity index (χ1v) is 10.1. The number of carbonyl (C=O) groups is 1. The van der Waals surface area contributed by atoms with E-state index in [2.05, 4.69) is 19.9 Å². The molecular weight excluding hydrogens is 398 g/mol. The summed E-state index contributed by atoms with van der Waals surface area (Å²) >= 11 is 0. The van der Waals surface area contributed by atoms with Crippen LogP contribution in [-0.2, 0) is 0 Å². The van der Waals surface area contributed by atoms with E-state index >= 15 is 0 Å². The monoisotopic (exact) mass is 421 g/mol. The van der Waals surface area contributed by atoms with Crippen LogP contribution in [0.1, 0.15) is 36.2 Å². The molecule has 0 unspecified atom stereocenters. The molecule has 1 N–H and O–H groups in total. The molecular formula is C22H23N5O4. The average Bonchev–Trinajstić information content (AvgIpc) is 3.26. The van der Waals surface area contributed by atoms with Crippen LogP contribution in [0.2, 0.25) is 0 Å². The van der Waals surface area contributed by atoms with Crippen molar-refractivity contribution < 1.29 is 14.3 Å². The molecule has 0 atom stereocenters. The molecule has 1 aliphatic carbocycles. The van der Waals surface area contributed by atoms with Gasteiger partial charge in [0.25, 0.3) is 11.5 Å². The maximum atomic E-state index is 12.0. The molecule has 4 rings (SSSR count). The molecule has 3 aromatic rings. The molecule has 0 aliphatic heterocycles. The zero-order valence-corrected chi connectivity index (χ0v) is 17.4. The van der Waals surface area contributed by atoms with Crippen molar-refractivity contribution in [2.24, 2.45) is 0 Å². The Morgan fingerprint density at radius 2 is 1.84 bits per heavy atom. The van der Waals surface area contributed by atoms with E-state index in [0.29, 0.717) is 22.9 Å². The number of nitrogens with one attached hydrogen (secondary N) is 1. The van der Waals surface area contributed by atoms with Crippen LogP contribution < -0.4 is 15.0 Å². The predicted octanol–water partition coefficient (Wildman–Crippen LogP) is 3.04. The third kappa shape index (κ3) is 5.06. The van der Waals surface area contributed by atoms with Gasteiger partial charge in [0, 0.05) is 38.0 Å². The van der Waals surface area contributed by atoms with Crippen LogP contribution in [0.3, 0.4) is 0 Å². The van der Waals surface area contributed by atoms with Crippen LogP contribution in [0, 0.1) is 0 Å². The van der Waals surface area contributed by atoms with Gasteiger partial charge < -0.3 is 19.4 Å². The predicted molar refractivity (Wildman–Crippen MR) is 113 cm³/mol. The maximum Gasteiger partial charge on any atom is 0.273 e. The minimum Gasteiger partial charge on any atom is -0.490 e. The van der Waals surface area contributed by atoms with E-state index in [1.165, 1.54) is 29.6 Å². The van der Waals surface area contributed by atoms with Gasteiger partial charge in [-0.15, -0.1) is 0 Å². The maximum absolute atomic E-state index is 12.0. The van der Waals surface area contributed by atoms with Gasteiger partial charge in [-0.3, -0.25) is 9.59 Å². The molecule has 2 aromatic heterocycles. The van der Waals surface area contributed by atoms with Crippen LogP contribution in [0.25, 0.3) is 11.4 Å². The summed E-state index contributed by atoms with van der Waals surface area (Å²) in [6, 6.07) is 6.68. The SMILES string of the molecule is CN(C)C(=O)c1cnc(Oc2cc(OC3CCCC3)cc(-c3nccc(=O)[nH]3)c2)cn1. The second-order valence-electron chi connectivity index (χ2n) is 7.54. The fourth-order valence-electron chi connectivity index (χ4n) is 3.38. The fraction of sp³-hybridized carbons (Fsp3) is 0.318. The molecule has 31 heavy (non-hydrogen) atoms. The summed E-state index contributed by atoms with van der Waals surface area (Å²) in [5.41, 5.74) is 0.625. The van der Waals surface area contributed by atoms with Crippen molar-refractivity contribution in [1.29, 1.82) is 0 Å². The van der Waals surface area contributed by atoms with E-state index in [1.807, 2.05) is 6.07 Å². The van der Waals surface area contributed by atoms with Gasteiger partial charge in [-0.2, -0.15) is 0 Å². The highest BCUT2D eigenvalue weighted by Gasteiger charge is 2.18. The molecule has 1 saturated carbocycles. The number of hydrogen-bond donors (Lipinski definition) is 1. The largest absolute Gasteiger partial charge is 0.490 e. The number of ether oxygens (including phenoxy) is 2. The van der Waals surface area contributed by atoms with Gasteiger partial charge in [0.05, 0.1) is 18.5 Å². The fourth-order valence-corrected chi connectivity index (χ4v) is 3.38. The molecule has 9 nitrogen and oxygen atoms in total. The van der Waals surface area contributed by atoms with E-state index in [9.17, 15) is 9.59 Å². The molecule has 1 aromatic carbocycles. The van der Waals surface area contributed by atoms with E-state index in [0.717, 1.165) is 25.7 Å². The highest BCUT2D eigenvalue weighted by Crippen LogP contribution is 2.32. The van der Waals surface area contributed by atoms with E-state index in [4.69, 9.17) is 9.47 Å². The van der Waals surface area contributed by atoms with Crippen LogP contribution in [0.5, 0.6) is 17.4 Å². The van der Waals surface area contributed by atoms with Crippen LogP contribution in [-0.4, -0.2) is 50.9 Å². The lowest BCUT2D eigenvalue weighted by molar-refractivity contribution is 0.0821. The van der Waals surface area contributed by atoms with Crippen molar-refractivity contribution in [3.63, 3.8) is 0 Å². The van der Waals surface area contributed by atoms with Crippen molar-refractivity contribution in [1.82, 2.24) is 24.8 Å². The van der Waals surface area contributed by atoms with Gasteiger partial charge in [0.1, 0.15) is 23.0 Å². The third-order valence-corrected chi connectivity index (χ3v) is 4.91. The van der Waals surface area contributed by atoms with Gasteiger partial charge >= 0.3 is 0 Å². The van der Waals surface area contributed by atoms with Crippen molar-refractivity contribution in [3.8, 4) is 28.8 Å². The summed E-state index contributed by atoms with van der Waals surface area (Å²) in [5.74, 6) is 1.48. The van der Waals surface area contributed by atoms with Crippen LogP contribution in [0.4, 0.5) is 0 Å². The molecule has 0 radical (unpaired) electrons. The van der Waals surface area contributed by atoms with Gasteiger partial charge in [-0.1, -0.05) is 0 Å². The van der Waals surface area contributed by atoms with E-state index < -0.39 is 0 Å². The van der Waals surface area contributed by atoms with Crippen molar-refractivity contribution in [3.05, 3.63) is 58.9 Å². The summed E-state index contributed by atoms with van der Waals surface area (Å²) in [7, 11) is 3.29. The summed E-state index contributed by atoms with van der Waals surface area (Å²) in [5, 5.41) is 0. The highest BCUT2D eigenvalue weighted by molar-refractivity contribution is 5.91. The van der Waals surface area contributed by atoms with Crippen molar-refractivity contribution in [2.45, 2.75) is 31.8 Å². The number of H-pyrrole nitrogens is 1. The Hall–Kier alpha value is -3.75. The molecule has 0 bridgehead atoms. The Morgan fingerprint density at radius 1 is 1.06 bits per heavy atom. The number of aromatic nitrogens is 4. The van der Waals surface area contributed by atoms with Crippen molar-refractivity contribution in [2.75, 3.05) is 14.1 Å². The highest BCUT2D eigenvalue weighted by atomic mass is 16.5. The number of hydrogen-bond acceptors (Lipinski definition) is 7. The normalized spacial score (nSPS) is 13.7. The second kappa shape index (κ2) is 8.95. The summed E-state index contributed by atoms with van der Waals surface area (Å²) in [4.78, 5) is 40.4. The summed E-state index contributed by atoms with van der Waals surface area (Å²) in [6.45, 7) is 0. The Balaban J connectivity index is 1.63. The molecule has 1 aliphatic rings. The van der Waals surface area contributed by atoms with E-state index in [-0.39, 0.29) is 29.1 Å². The minimum absolute atomic E-state index is 0.155. The molecule has 0 spiro atoms. The van der Waals surface area contributed by atoms with Crippen molar-refractivity contribution >= 4 is 5.91 Å². The number of rotatable bonds is 6. The molecule has 160 valence electrons. The first kappa shape index (κ1) is 20.5. The van der Waals surface area contributed by atoms with Gasteiger partial charge in [0.2, 0.25) is 5.88 Å². The zero-order valence-electron chi connectivity index (χ0n) is 17.4. The molecule has 1 fully saturated rings. The van der Waals surface area contributed by atoms with E-state index in [1.54, 1.807) is 26.2 Å². The standard InChI is InChI=1S/C22H23N5O4/c1-27(2)22(29)18-12-25-20(13-24-18)31-17-10-14(21-23-8-7-19(28)26-21)9-16(11-17)30-15-5-3-4-6-15/h7-13,15H,3-6H2,1-2H3,(H,23,26,28). The first-order valence-electron chi connectivity index (χ1n) is 10.1. The zero-order chi connectivity index (χ0) is 21.8. The summed E-state index contributed by atoms with van der Waals surface area (Å²) < 4.78 is 12.0. The molecule has 9 heteroatoms. The minimum atomic E-state index is -0.249. The number of aromatic amines is 1. The molecule has 0 saturated heterocycles. The van der Waals surface area contributed by atoms with Gasteiger partial charge in [-0.05, 0) is 37.8 Å². The third-order valence-electron chi connectivity index (χ3n) is 4.91. The Morgan fingerprint density at radius 3 is 2.52 bits per heavy atom. The lowest BCUT2D eigenvalue weighted by Crippen LogP contribution is -2.22. The Labute approximate surface area is 179 Å². The van der Waals surface area contributed by atoms with Gasteiger partial charge in [-0.25, -0.2) is 15.0 Å². The Kier molecular flexibility index (Phi) is 5.92. The quantitative estimate of drug-likeness (QED) is 0.651. The Bertz CT molecular complexity index is 1120. The first-order chi connectivity index (χ1) is 15.0. The number of carbonyl (C=O) groups excluding carboxylic acids is 1. The lowest BCUT2D eigenvalue weighted by Gasteiger charge is -2.15. The lowest BCUT2D eigenvalue weighted by atomic mass is 10.2. The number of nitrogens with zero attached hydrogens (tertiary/aromatic N) is 4. The van der Waals surface area contributed by atoms with Crippen LogP contribution in [0.15, 0.2) is 47.7 Å². The molecule has 1 amide bonds. The topological polar surface area (TPSA) is 110 Å². The van der Waals surface area contributed by atoms with Gasteiger partial charge in [0.15, 0.2) is 0 Å². The second-order valence-corrected chi connectivity index (χ2v) is 7.54. The average molecular weight is 421 g/mol. The smallest absolute Gasteiger partial charge is 0.273 e. The van der Waals surface area contributed by atoms with Crippen LogP contribution >= 0.6 is 0 Å². The number of benzene rings is 1. The molecule has 2 heterocycles. The summed E-state index contributed by atoms with van der Waals surface area (Å²) in [6.07, 6.45) is 8.68.